The van der Waals surface area contributed by atoms with Crippen LogP contribution in [0.25, 0.3) is 0 Å². The summed E-state index contributed by atoms with van der Waals surface area (Å²) in [6.45, 7) is 1.97. The first-order valence-electron chi connectivity index (χ1n) is 7.24. The number of aliphatic carboxylic acids is 1. The third-order valence-electron chi connectivity index (χ3n) is 4.03. The number of likely N-dealkylation sites (N-methyl/N-ethyl adjacent to an activating group) is 1. The summed E-state index contributed by atoms with van der Waals surface area (Å²) < 4.78 is 2.02. The molecule has 0 radical (unpaired) electrons. The van der Waals surface area contributed by atoms with Crippen molar-refractivity contribution in [3.05, 3.63) is 27.7 Å². The Labute approximate surface area is 123 Å². The maximum atomic E-state index is 11.8. The third-order valence-corrected chi connectivity index (χ3v) is 4.03. The maximum Gasteiger partial charge on any atom is 0.317 e. The molecule has 6 heteroatoms. The topological polar surface area (TPSA) is 82.8 Å². The summed E-state index contributed by atoms with van der Waals surface area (Å²) in [5.41, 5.74) is 0.944. The number of pyridine rings is 1. The van der Waals surface area contributed by atoms with Gasteiger partial charge in [-0.05, 0) is 26.8 Å². The standard InChI is InChI=1S/C15H22N2O4/c1-10-7-13(18)15(21)12(8-16(2)9-14(19)20)17(10)11-5-3-4-6-11/h7,11,21H,3-6,8-9H2,1-2H3,(H,19,20). The van der Waals surface area contributed by atoms with E-state index in [1.165, 1.54) is 6.07 Å². The number of rotatable bonds is 5. The third kappa shape index (κ3) is 3.44. The van der Waals surface area contributed by atoms with Crippen molar-refractivity contribution in [2.45, 2.75) is 45.2 Å². The minimum absolute atomic E-state index is 0.133. The van der Waals surface area contributed by atoms with E-state index in [0.717, 1.165) is 31.4 Å². The van der Waals surface area contributed by atoms with Gasteiger partial charge in [-0.3, -0.25) is 14.5 Å². The second kappa shape index (κ2) is 6.30. The van der Waals surface area contributed by atoms with E-state index in [2.05, 4.69) is 0 Å². The van der Waals surface area contributed by atoms with Crippen LogP contribution in [0, 0.1) is 6.92 Å². The van der Waals surface area contributed by atoms with Crippen molar-refractivity contribution in [1.29, 1.82) is 0 Å². The highest BCUT2D eigenvalue weighted by molar-refractivity contribution is 5.69. The highest BCUT2D eigenvalue weighted by Crippen LogP contribution is 2.33. The molecule has 0 aromatic carbocycles. The van der Waals surface area contributed by atoms with Crippen molar-refractivity contribution in [3.63, 3.8) is 0 Å². The molecule has 6 nitrogen and oxygen atoms in total. The lowest BCUT2D eigenvalue weighted by atomic mass is 10.1. The second-order valence-electron chi connectivity index (χ2n) is 5.82. The number of carboxylic acid groups (broad SMARTS) is 1. The Morgan fingerprint density at radius 3 is 2.62 bits per heavy atom. The average molecular weight is 294 g/mol. The quantitative estimate of drug-likeness (QED) is 0.860. The van der Waals surface area contributed by atoms with Crippen molar-refractivity contribution in [1.82, 2.24) is 9.47 Å². The van der Waals surface area contributed by atoms with E-state index in [1.54, 1.807) is 11.9 Å². The van der Waals surface area contributed by atoms with Crippen LogP contribution in [-0.4, -0.2) is 39.2 Å². The van der Waals surface area contributed by atoms with Crippen LogP contribution in [0.5, 0.6) is 5.75 Å². The maximum absolute atomic E-state index is 11.8. The number of aromatic hydroxyl groups is 1. The van der Waals surface area contributed by atoms with Crippen LogP contribution in [0.15, 0.2) is 10.9 Å². The van der Waals surface area contributed by atoms with Crippen LogP contribution in [0.4, 0.5) is 0 Å². The van der Waals surface area contributed by atoms with Crippen molar-refractivity contribution in [3.8, 4) is 5.75 Å². The molecule has 0 aliphatic heterocycles. The molecular formula is C15H22N2O4. The zero-order valence-corrected chi connectivity index (χ0v) is 12.5. The molecule has 0 spiro atoms. The van der Waals surface area contributed by atoms with Gasteiger partial charge in [-0.25, -0.2) is 0 Å². The lowest BCUT2D eigenvalue weighted by Gasteiger charge is -2.26. The molecule has 0 amide bonds. The Hall–Kier alpha value is -1.82. The summed E-state index contributed by atoms with van der Waals surface area (Å²) in [5, 5.41) is 19.0. The van der Waals surface area contributed by atoms with Crippen molar-refractivity contribution in [2.75, 3.05) is 13.6 Å². The van der Waals surface area contributed by atoms with Crippen LogP contribution in [0.1, 0.15) is 43.1 Å². The van der Waals surface area contributed by atoms with E-state index in [9.17, 15) is 14.7 Å². The smallest absolute Gasteiger partial charge is 0.317 e. The fraction of sp³-hybridized carbons (Fsp3) is 0.600. The van der Waals surface area contributed by atoms with Gasteiger partial charge in [-0.15, -0.1) is 0 Å². The molecule has 1 fully saturated rings. The van der Waals surface area contributed by atoms with Crippen LogP contribution < -0.4 is 5.43 Å². The van der Waals surface area contributed by atoms with Crippen LogP contribution in [0.3, 0.4) is 0 Å². The molecule has 2 rings (SSSR count). The Morgan fingerprint density at radius 2 is 2.05 bits per heavy atom. The second-order valence-corrected chi connectivity index (χ2v) is 5.82. The summed E-state index contributed by atoms with van der Waals surface area (Å²) >= 11 is 0. The molecule has 1 aliphatic carbocycles. The van der Waals surface area contributed by atoms with E-state index < -0.39 is 11.4 Å². The van der Waals surface area contributed by atoms with E-state index in [4.69, 9.17) is 5.11 Å². The fourth-order valence-electron chi connectivity index (χ4n) is 3.16. The van der Waals surface area contributed by atoms with Gasteiger partial charge in [-0.2, -0.15) is 0 Å². The molecule has 0 saturated heterocycles. The minimum atomic E-state index is -0.931. The van der Waals surface area contributed by atoms with Crippen LogP contribution >= 0.6 is 0 Å². The molecule has 0 atom stereocenters. The zero-order valence-electron chi connectivity index (χ0n) is 12.5. The molecule has 21 heavy (non-hydrogen) atoms. The summed E-state index contributed by atoms with van der Waals surface area (Å²) in [6, 6.07) is 1.73. The van der Waals surface area contributed by atoms with Crippen molar-refractivity contribution >= 4 is 5.97 Å². The van der Waals surface area contributed by atoms with E-state index in [0.29, 0.717) is 5.69 Å². The van der Waals surface area contributed by atoms with E-state index in [1.807, 2.05) is 11.5 Å². The molecular weight excluding hydrogens is 272 g/mol. The Bertz CT molecular complexity index is 588. The number of aromatic nitrogens is 1. The van der Waals surface area contributed by atoms with Gasteiger partial charge in [0, 0.05) is 24.3 Å². The summed E-state index contributed by atoms with van der Waals surface area (Å²) in [7, 11) is 1.67. The highest BCUT2D eigenvalue weighted by Gasteiger charge is 2.23. The van der Waals surface area contributed by atoms with Crippen molar-refractivity contribution in [2.24, 2.45) is 0 Å². The highest BCUT2D eigenvalue weighted by atomic mass is 16.4. The molecule has 1 aromatic heterocycles. The molecule has 1 aliphatic rings. The molecule has 1 saturated carbocycles. The predicted octanol–water partition coefficient (Wildman–Crippen LogP) is 1.49. The molecule has 1 heterocycles. The first-order chi connectivity index (χ1) is 9.90. The normalized spacial score (nSPS) is 15.8. The molecule has 0 unspecified atom stereocenters. The van der Waals surface area contributed by atoms with E-state index in [-0.39, 0.29) is 24.9 Å². The Balaban J connectivity index is 2.40. The predicted molar refractivity (Wildman–Crippen MR) is 78.6 cm³/mol. The summed E-state index contributed by atoms with van der Waals surface area (Å²) in [4.78, 5) is 24.2. The minimum Gasteiger partial charge on any atom is -0.503 e. The van der Waals surface area contributed by atoms with Crippen molar-refractivity contribution < 1.29 is 15.0 Å². The van der Waals surface area contributed by atoms with Gasteiger partial charge in [0.2, 0.25) is 5.43 Å². The van der Waals surface area contributed by atoms with Gasteiger partial charge in [0.05, 0.1) is 12.2 Å². The average Bonchev–Trinajstić information content (AvgIpc) is 2.88. The van der Waals surface area contributed by atoms with Gasteiger partial charge in [0.25, 0.3) is 0 Å². The van der Waals surface area contributed by atoms with Gasteiger partial charge in [-0.1, -0.05) is 12.8 Å². The molecule has 2 N–H and O–H groups in total. The number of hydrogen-bond donors (Lipinski definition) is 2. The van der Waals surface area contributed by atoms with Gasteiger partial charge < -0.3 is 14.8 Å². The largest absolute Gasteiger partial charge is 0.503 e. The van der Waals surface area contributed by atoms with Gasteiger partial charge >= 0.3 is 5.97 Å². The Kier molecular flexibility index (Phi) is 4.67. The molecule has 1 aromatic rings. The lowest BCUT2D eigenvalue weighted by molar-refractivity contribution is -0.138. The number of carboxylic acids is 1. The van der Waals surface area contributed by atoms with Gasteiger partial charge in [0.1, 0.15) is 0 Å². The SMILES string of the molecule is Cc1cc(=O)c(O)c(CN(C)CC(=O)O)n1C1CCCC1. The first-order valence-corrected chi connectivity index (χ1v) is 7.24. The Morgan fingerprint density at radius 1 is 1.43 bits per heavy atom. The van der Waals surface area contributed by atoms with Crippen LogP contribution in [0.2, 0.25) is 0 Å². The number of carbonyl (C=O) groups is 1. The summed E-state index contributed by atoms with van der Waals surface area (Å²) in [5.74, 6) is -1.19. The number of nitrogens with zero attached hydrogens (tertiary/aromatic N) is 2. The van der Waals surface area contributed by atoms with Gasteiger partial charge in [0.15, 0.2) is 5.75 Å². The fourth-order valence-corrected chi connectivity index (χ4v) is 3.16. The molecule has 116 valence electrons. The number of hydrogen-bond acceptors (Lipinski definition) is 4. The molecule has 0 bridgehead atoms. The first kappa shape index (κ1) is 15.6. The lowest BCUT2D eigenvalue weighted by Crippen LogP contribution is -2.29. The van der Waals surface area contributed by atoms with Crippen LogP contribution in [-0.2, 0) is 11.3 Å². The summed E-state index contributed by atoms with van der Waals surface area (Å²) in [6.07, 6.45) is 4.33. The monoisotopic (exact) mass is 294 g/mol. The van der Waals surface area contributed by atoms with E-state index >= 15 is 0 Å². The number of aryl methyl sites for hydroxylation is 1. The zero-order chi connectivity index (χ0) is 15.6.